The van der Waals surface area contributed by atoms with Crippen LogP contribution in [0.5, 0.6) is 0 Å². The predicted molar refractivity (Wildman–Crippen MR) is 124 cm³/mol. The molecule has 8 nitrogen and oxygen atoms in total. The summed E-state index contributed by atoms with van der Waals surface area (Å²) in [5, 5.41) is 9.81. The molecule has 0 radical (unpaired) electrons. The van der Waals surface area contributed by atoms with Gasteiger partial charge in [0.15, 0.2) is 5.13 Å². The molecule has 1 aromatic carbocycles. The zero-order valence-corrected chi connectivity index (χ0v) is 19.6. The SMILES string of the molecule is CS(=O)(=O)N[C@H]1CCN(c2ncc(C(=O)O)s2)[C@H]1CO[C@H]1CC[C@@H](c2ccccc2)CC1. The molecule has 1 aromatic heterocycles. The van der Waals surface area contributed by atoms with Crippen LogP contribution in [0.3, 0.4) is 0 Å². The summed E-state index contributed by atoms with van der Waals surface area (Å²) in [6.07, 6.45) is 7.34. The van der Waals surface area contributed by atoms with Crippen LogP contribution < -0.4 is 9.62 Å². The molecule has 2 fully saturated rings. The van der Waals surface area contributed by atoms with E-state index >= 15 is 0 Å². The van der Waals surface area contributed by atoms with E-state index in [1.807, 2.05) is 11.0 Å². The number of ether oxygens (including phenoxy) is 1. The average Bonchev–Trinajstić information content (AvgIpc) is 3.39. The second kappa shape index (κ2) is 9.86. The van der Waals surface area contributed by atoms with Crippen molar-refractivity contribution in [3.05, 3.63) is 47.0 Å². The number of anilines is 1. The molecule has 10 heteroatoms. The number of carboxylic acids is 1. The lowest BCUT2D eigenvalue weighted by molar-refractivity contribution is 0.0157. The second-order valence-corrected chi connectivity index (χ2v) is 11.4. The molecule has 1 aliphatic heterocycles. The van der Waals surface area contributed by atoms with Crippen LogP contribution >= 0.6 is 11.3 Å². The van der Waals surface area contributed by atoms with Crippen LogP contribution in [0, 0.1) is 0 Å². The van der Waals surface area contributed by atoms with Crippen LogP contribution in [0.2, 0.25) is 0 Å². The molecule has 2 N–H and O–H groups in total. The molecule has 1 aliphatic carbocycles. The molecule has 2 heterocycles. The number of carboxylic acid groups (broad SMARTS) is 1. The van der Waals surface area contributed by atoms with Crippen LogP contribution in [-0.4, -0.2) is 62.1 Å². The Morgan fingerprint density at radius 2 is 1.94 bits per heavy atom. The lowest BCUT2D eigenvalue weighted by atomic mass is 9.83. The summed E-state index contributed by atoms with van der Waals surface area (Å²) in [6, 6.07) is 10.0. The van der Waals surface area contributed by atoms with Crippen LogP contribution in [0.25, 0.3) is 0 Å². The maximum atomic E-state index is 11.9. The number of nitrogens with one attached hydrogen (secondary N) is 1. The minimum absolute atomic E-state index is 0.141. The summed E-state index contributed by atoms with van der Waals surface area (Å²) < 4.78 is 32.8. The van der Waals surface area contributed by atoms with Gasteiger partial charge in [0.1, 0.15) is 4.88 Å². The van der Waals surface area contributed by atoms with Gasteiger partial charge in [-0.25, -0.2) is 22.9 Å². The monoisotopic (exact) mass is 479 g/mol. The largest absolute Gasteiger partial charge is 0.477 e. The van der Waals surface area contributed by atoms with E-state index in [1.165, 1.54) is 11.8 Å². The van der Waals surface area contributed by atoms with Gasteiger partial charge in [-0.2, -0.15) is 0 Å². The topological polar surface area (TPSA) is 109 Å². The maximum absolute atomic E-state index is 11.9. The highest BCUT2D eigenvalue weighted by Gasteiger charge is 2.38. The molecule has 2 aromatic rings. The van der Waals surface area contributed by atoms with Gasteiger partial charge >= 0.3 is 5.97 Å². The zero-order chi connectivity index (χ0) is 22.7. The highest BCUT2D eigenvalue weighted by molar-refractivity contribution is 7.88. The minimum Gasteiger partial charge on any atom is -0.477 e. The zero-order valence-electron chi connectivity index (χ0n) is 18.0. The second-order valence-electron chi connectivity index (χ2n) is 8.58. The smallest absolute Gasteiger partial charge is 0.347 e. The Labute approximate surface area is 192 Å². The Bertz CT molecular complexity index is 1020. The number of rotatable bonds is 8. The molecule has 0 unspecified atom stereocenters. The van der Waals surface area contributed by atoms with Crippen molar-refractivity contribution in [1.29, 1.82) is 0 Å². The van der Waals surface area contributed by atoms with E-state index in [4.69, 9.17) is 4.74 Å². The summed E-state index contributed by atoms with van der Waals surface area (Å²) in [5.74, 6) is -0.454. The van der Waals surface area contributed by atoms with Crippen molar-refractivity contribution < 1.29 is 23.1 Å². The van der Waals surface area contributed by atoms with Crippen molar-refractivity contribution in [3.8, 4) is 0 Å². The maximum Gasteiger partial charge on any atom is 0.347 e. The van der Waals surface area contributed by atoms with E-state index in [0.29, 0.717) is 30.6 Å². The quantitative estimate of drug-likeness (QED) is 0.599. The molecule has 1 saturated heterocycles. The fraction of sp³-hybridized carbons (Fsp3) is 0.545. The van der Waals surface area contributed by atoms with Crippen LogP contribution in [0.15, 0.2) is 36.5 Å². The molecule has 1 saturated carbocycles. The van der Waals surface area contributed by atoms with Crippen molar-refractivity contribution in [2.24, 2.45) is 0 Å². The molecule has 0 bridgehead atoms. The summed E-state index contributed by atoms with van der Waals surface area (Å²) in [5.41, 5.74) is 1.38. The van der Waals surface area contributed by atoms with Gasteiger partial charge in [0.05, 0.1) is 31.2 Å². The first kappa shape index (κ1) is 23.2. The normalized spacial score (nSPS) is 26.3. The molecule has 32 heavy (non-hydrogen) atoms. The minimum atomic E-state index is -3.38. The molecular formula is C22H29N3O5S2. The van der Waals surface area contributed by atoms with Gasteiger partial charge < -0.3 is 14.7 Å². The molecule has 0 amide bonds. The molecule has 174 valence electrons. The molecule has 4 rings (SSSR count). The van der Waals surface area contributed by atoms with E-state index in [-0.39, 0.29) is 23.1 Å². The highest BCUT2D eigenvalue weighted by atomic mass is 32.2. The lowest BCUT2D eigenvalue weighted by Crippen LogP contribution is -2.48. The first-order valence-corrected chi connectivity index (χ1v) is 13.6. The number of carbonyl (C=O) groups is 1. The lowest BCUT2D eigenvalue weighted by Gasteiger charge is -2.32. The number of hydrogen-bond acceptors (Lipinski definition) is 7. The molecule has 2 aliphatic rings. The molecule has 0 spiro atoms. The van der Waals surface area contributed by atoms with Crippen molar-refractivity contribution in [3.63, 3.8) is 0 Å². The third-order valence-electron chi connectivity index (χ3n) is 6.31. The van der Waals surface area contributed by atoms with Gasteiger partial charge in [0.25, 0.3) is 0 Å². The number of sulfonamides is 1. The fourth-order valence-electron chi connectivity index (χ4n) is 4.73. The van der Waals surface area contributed by atoms with Gasteiger partial charge in [-0.3, -0.25) is 0 Å². The third kappa shape index (κ3) is 5.67. The van der Waals surface area contributed by atoms with Crippen LogP contribution in [0.1, 0.15) is 53.3 Å². The Morgan fingerprint density at radius 3 is 2.56 bits per heavy atom. The van der Waals surface area contributed by atoms with Gasteiger partial charge in [-0.05, 0) is 43.6 Å². The number of aromatic nitrogens is 1. The van der Waals surface area contributed by atoms with Gasteiger partial charge in [-0.1, -0.05) is 41.7 Å². The van der Waals surface area contributed by atoms with E-state index in [9.17, 15) is 18.3 Å². The van der Waals surface area contributed by atoms with Gasteiger partial charge in [-0.15, -0.1) is 0 Å². The number of thiazole rings is 1. The Balaban J connectivity index is 1.40. The average molecular weight is 480 g/mol. The summed E-state index contributed by atoms with van der Waals surface area (Å²) in [6.45, 7) is 0.963. The number of hydrogen-bond donors (Lipinski definition) is 2. The Kier molecular flexibility index (Phi) is 7.14. The molecular weight excluding hydrogens is 450 g/mol. The first-order valence-electron chi connectivity index (χ1n) is 10.9. The van der Waals surface area contributed by atoms with Crippen LogP contribution in [0.4, 0.5) is 5.13 Å². The number of aromatic carboxylic acids is 1. The Morgan fingerprint density at radius 1 is 1.22 bits per heavy atom. The Hall–Kier alpha value is -2.01. The standard InChI is InChI=1S/C22H29N3O5S2/c1-32(28,29)24-18-11-12-25(22-23-13-20(31-22)21(26)27)19(18)14-30-17-9-7-16(8-10-17)15-5-3-2-4-6-15/h2-6,13,16-19,24H,7-12,14H2,1H3,(H,26,27)/t16-,17+,18-,19-/m0/s1. The highest BCUT2D eigenvalue weighted by Crippen LogP contribution is 2.35. The van der Waals surface area contributed by atoms with Crippen molar-refractivity contribution in [1.82, 2.24) is 9.71 Å². The first-order chi connectivity index (χ1) is 15.3. The summed E-state index contributed by atoms with van der Waals surface area (Å²) in [4.78, 5) is 17.7. The summed E-state index contributed by atoms with van der Waals surface area (Å²) >= 11 is 1.10. The van der Waals surface area contributed by atoms with E-state index in [0.717, 1.165) is 43.3 Å². The van der Waals surface area contributed by atoms with Gasteiger partial charge in [0, 0.05) is 12.6 Å². The van der Waals surface area contributed by atoms with Gasteiger partial charge in [0.2, 0.25) is 10.0 Å². The van der Waals surface area contributed by atoms with E-state index < -0.39 is 16.0 Å². The van der Waals surface area contributed by atoms with Crippen molar-refractivity contribution in [2.75, 3.05) is 24.3 Å². The molecule has 2 atom stereocenters. The fourth-order valence-corrected chi connectivity index (χ4v) is 6.39. The predicted octanol–water partition coefficient (Wildman–Crippen LogP) is 3.08. The third-order valence-corrected chi connectivity index (χ3v) is 8.06. The number of benzene rings is 1. The summed E-state index contributed by atoms with van der Waals surface area (Å²) in [7, 11) is -3.38. The van der Waals surface area contributed by atoms with Crippen LogP contribution in [-0.2, 0) is 14.8 Å². The van der Waals surface area contributed by atoms with Crippen molar-refractivity contribution >= 4 is 32.5 Å². The van der Waals surface area contributed by atoms with E-state index in [2.05, 4.69) is 34.0 Å². The van der Waals surface area contributed by atoms with E-state index in [1.54, 1.807) is 0 Å². The number of nitrogens with zero attached hydrogens (tertiary/aromatic N) is 2. The van der Waals surface area contributed by atoms with Crippen molar-refractivity contribution in [2.45, 2.75) is 56.2 Å².